The third-order valence-electron chi connectivity index (χ3n) is 4.37. The highest BCUT2D eigenvalue weighted by atomic mass is 79.9. The second-order valence-corrected chi connectivity index (χ2v) is 8.91. The van der Waals surface area contributed by atoms with E-state index in [9.17, 15) is 8.42 Å². The van der Waals surface area contributed by atoms with Crippen molar-refractivity contribution in [1.29, 1.82) is 0 Å². The Morgan fingerprint density at radius 1 is 1.33 bits per heavy atom. The van der Waals surface area contributed by atoms with Crippen LogP contribution in [0.4, 0.5) is 5.69 Å². The quantitative estimate of drug-likeness (QED) is 0.822. The highest BCUT2D eigenvalue weighted by Crippen LogP contribution is 2.32. The highest BCUT2D eigenvalue weighted by Gasteiger charge is 2.32. The zero-order chi connectivity index (χ0) is 15.8. The van der Waals surface area contributed by atoms with Gasteiger partial charge in [0.2, 0.25) is 10.0 Å². The number of nitrogens with two attached hydrogens (primary N) is 1. The fourth-order valence-corrected chi connectivity index (χ4v) is 5.12. The van der Waals surface area contributed by atoms with Gasteiger partial charge in [-0.15, -0.1) is 0 Å². The van der Waals surface area contributed by atoms with Gasteiger partial charge in [-0.2, -0.15) is 4.31 Å². The van der Waals surface area contributed by atoms with Crippen LogP contribution in [-0.2, 0) is 10.0 Å². The summed E-state index contributed by atoms with van der Waals surface area (Å²) in [5, 5.41) is 0. The molecule has 0 spiro atoms. The van der Waals surface area contributed by atoms with E-state index in [1.54, 1.807) is 30.4 Å². The molecule has 21 heavy (non-hydrogen) atoms. The number of halogens is 1. The lowest BCUT2D eigenvalue weighted by atomic mass is 9.87. The van der Waals surface area contributed by atoms with Crippen LogP contribution >= 0.6 is 15.9 Å². The van der Waals surface area contributed by atoms with Crippen molar-refractivity contribution in [2.24, 2.45) is 5.92 Å². The fraction of sp³-hybridized carbons (Fsp3) is 0.600. The first-order chi connectivity index (χ1) is 9.73. The van der Waals surface area contributed by atoms with Crippen molar-refractivity contribution in [2.75, 3.05) is 12.8 Å². The maximum absolute atomic E-state index is 12.9. The molecule has 4 nitrogen and oxygen atoms in total. The molecule has 2 atom stereocenters. The average Bonchev–Trinajstić information content (AvgIpc) is 2.41. The van der Waals surface area contributed by atoms with Crippen molar-refractivity contribution in [2.45, 2.75) is 50.5 Å². The molecule has 0 aromatic heterocycles. The molecule has 0 heterocycles. The molecule has 0 radical (unpaired) electrons. The van der Waals surface area contributed by atoms with Gasteiger partial charge in [0.15, 0.2) is 0 Å². The summed E-state index contributed by atoms with van der Waals surface area (Å²) in [6.07, 6.45) is 4.15. The van der Waals surface area contributed by atoms with E-state index < -0.39 is 10.0 Å². The number of nitrogen functional groups attached to an aromatic ring is 1. The molecule has 1 aromatic carbocycles. The van der Waals surface area contributed by atoms with E-state index in [1.165, 1.54) is 6.42 Å². The largest absolute Gasteiger partial charge is 0.398 e. The Labute approximate surface area is 135 Å². The van der Waals surface area contributed by atoms with E-state index in [0.717, 1.165) is 23.7 Å². The van der Waals surface area contributed by atoms with Gasteiger partial charge in [0.1, 0.15) is 0 Å². The van der Waals surface area contributed by atoms with Crippen molar-refractivity contribution in [3.8, 4) is 0 Å². The standard InChI is InChI=1S/C15H23BrN2O2S/c1-10-5-4-6-12(7-10)18(3)21(19,20)15-9-14(17)13(16)8-11(15)2/h8-10,12H,4-7,17H2,1-3H3. The molecule has 2 unspecified atom stereocenters. The second kappa shape index (κ2) is 6.26. The third kappa shape index (κ3) is 3.43. The average molecular weight is 375 g/mol. The van der Waals surface area contributed by atoms with Crippen LogP contribution in [0.1, 0.15) is 38.2 Å². The van der Waals surface area contributed by atoms with Crippen LogP contribution in [0.15, 0.2) is 21.5 Å². The van der Waals surface area contributed by atoms with Gasteiger partial charge in [-0.1, -0.05) is 19.8 Å². The van der Waals surface area contributed by atoms with Gasteiger partial charge in [0.05, 0.1) is 4.90 Å². The number of sulfonamides is 1. The van der Waals surface area contributed by atoms with E-state index in [-0.39, 0.29) is 6.04 Å². The van der Waals surface area contributed by atoms with Gasteiger partial charge in [0, 0.05) is 23.2 Å². The maximum Gasteiger partial charge on any atom is 0.243 e. The molecule has 6 heteroatoms. The molecule has 1 saturated carbocycles. The van der Waals surface area contributed by atoms with Crippen molar-refractivity contribution in [1.82, 2.24) is 4.31 Å². The minimum absolute atomic E-state index is 0.0861. The Kier molecular flexibility index (Phi) is 5.00. The summed E-state index contributed by atoms with van der Waals surface area (Å²) in [5.74, 6) is 0.581. The molecule has 0 saturated heterocycles. The van der Waals surface area contributed by atoms with Gasteiger partial charge in [-0.3, -0.25) is 0 Å². The number of benzene rings is 1. The van der Waals surface area contributed by atoms with Crippen LogP contribution < -0.4 is 5.73 Å². The molecule has 1 aliphatic carbocycles. The zero-order valence-electron chi connectivity index (χ0n) is 12.8. The Morgan fingerprint density at radius 2 is 2.00 bits per heavy atom. The SMILES string of the molecule is Cc1cc(Br)c(N)cc1S(=O)(=O)N(C)C1CCCC(C)C1. The Morgan fingerprint density at radius 3 is 2.62 bits per heavy atom. The third-order valence-corrected chi connectivity index (χ3v) is 7.11. The molecule has 2 rings (SSSR count). The monoisotopic (exact) mass is 374 g/mol. The molecule has 2 N–H and O–H groups in total. The minimum Gasteiger partial charge on any atom is -0.398 e. The first-order valence-corrected chi connectivity index (χ1v) is 9.50. The predicted molar refractivity (Wildman–Crippen MR) is 89.7 cm³/mol. The first-order valence-electron chi connectivity index (χ1n) is 7.27. The van der Waals surface area contributed by atoms with Gasteiger partial charge < -0.3 is 5.73 Å². The summed E-state index contributed by atoms with van der Waals surface area (Å²) in [4.78, 5) is 0.309. The summed E-state index contributed by atoms with van der Waals surface area (Å²) in [5.41, 5.74) is 7.02. The Balaban J connectivity index is 2.35. The van der Waals surface area contributed by atoms with Crippen LogP contribution in [0.2, 0.25) is 0 Å². The summed E-state index contributed by atoms with van der Waals surface area (Å²) in [6, 6.07) is 3.40. The smallest absolute Gasteiger partial charge is 0.243 e. The van der Waals surface area contributed by atoms with Gasteiger partial charge in [0.25, 0.3) is 0 Å². The van der Waals surface area contributed by atoms with Crippen LogP contribution in [-0.4, -0.2) is 25.8 Å². The van der Waals surface area contributed by atoms with Gasteiger partial charge in [-0.25, -0.2) is 8.42 Å². The number of rotatable bonds is 3. The number of nitrogens with zero attached hydrogens (tertiary/aromatic N) is 1. The van der Waals surface area contributed by atoms with E-state index in [4.69, 9.17) is 5.73 Å². The number of anilines is 1. The maximum atomic E-state index is 12.9. The van der Waals surface area contributed by atoms with Crippen LogP contribution in [0, 0.1) is 12.8 Å². The van der Waals surface area contributed by atoms with Crippen LogP contribution in [0.5, 0.6) is 0 Å². The lowest BCUT2D eigenvalue weighted by molar-refractivity contribution is 0.239. The minimum atomic E-state index is -3.50. The van der Waals surface area contributed by atoms with E-state index in [0.29, 0.717) is 22.1 Å². The van der Waals surface area contributed by atoms with Gasteiger partial charge >= 0.3 is 0 Å². The molecule has 1 aliphatic rings. The lowest BCUT2D eigenvalue weighted by Gasteiger charge is -2.33. The van der Waals surface area contributed by atoms with Crippen molar-refractivity contribution < 1.29 is 8.42 Å². The molecule has 118 valence electrons. The number of aryl methyl sites for hydroxylation is 1. The molecule has 0 amide bonds. The molecular weight excluding hydrogens is 352 g/mol. The Bertz CT molecular complexity index is 631. The number of hydrogen-bond donors (Lipinski definition) is 1. The predicted octanol–water partition coefficient (Wildman–Crippen LogP) is 3.54. The first kappa shape index (κ1) is 16.8. The second-order valence-electron chi connectivity index (χ2n) is 6.09. The van der Waals surface area contributed by atoms with E-state index >= 15 is 0 Å². The highest BCUT2D eigenvalue weighted by molar-refractivity contribution is 9.10. The van der Waals surface area contributed by atoms with E-state index in [1.807, 2.05) is 0 Å². The molecule has 0 aliphatic heterocycles. The number of hydrogen-bond acceptors (Lipinski definition) is 3. The van der Waals surface area contributed by atoms with Gasteiger partial charge in [-0.05, 0) is 59.3 Å². The molecule has 0 bridgehead atoms. The zero-order valence-corrected chi connectivity index (χ0v) is 15.2. The fourth-order valence-electron chi connectivity index (χ4n) is 3.03. The topological polar surface area (TPSA) is 63.4 Å². The van der Waals surface area contributed by atoms with Crippen LogP contribution in [0.3, 0.4) is 0 Å². The van der Waals surface area contributed by atoms with E-state index in [2.05, 4.69) is 22.9 Å². The Hall–Kier alpha value is -0.590. The van der Waals surface area contributed by atoms with Crippen molar-refractivity contribution in [3.63, 3.8) is 0 Å². The normalized spacial score (nSPS) is 23.5. The molecular formula is C15H23BrN2O2S. The summed E-state index contributed by atoms with van der Waals surface area (Å²) < 4.78 is 28.0. The summed E-state index contributed by atoms with van der Waals surface area (Å²) >= 11 is 3.34. The molecule has 1 fully saturated rings. The lowest BCUT2D eigenvalue weighted by Crippen LogP contribution is -2.40. The van der Waals surface area contributed by atoms with Crippen molar-refractivity contribution in [3.05, 3.63) is 22.2 Å². The van der Waals surface area contributed by atoms with Crippen LogP contribution in [0.25, 0.3) is 0 Å². The van der Waals surface area contributed by atoms with Crippen molar-refractivity contribution >= 4 is 31.6 Å². The molecule has 1 aromatic rings. The summed E-state index contributed by atoms with van der Waals surface area (Å²) in [7, 11) is -1.81. The summed E-state index contributed by atoms with van der Waals surface area (Å²) in [6.45, 7) is 3.99.